The first-order chi connectivity index (χ1) is 10.8. The summed E-state index contributed by atoms with van der Waals surface area (Å²) in [5.74, 6) is 0.00445. The Kier molecular flexibility index (Phi) is 5.08. The summed E-state index contributed by atoms with van der Waals surface area (Å²) >= 11 is 1.60. The van der Waals surface area contributed by atoms with Crippen molar-refractivity contribution in [3.05, 3.63) is 16.0 Å². The molecular weight excluding hydrogens is 298 g/mol. The minimum Gasteiger partial charge on any atom is -0.370 e. The maximum atomic E-state index is 12.3. The molecule has 0 bridgehead atoms. The molecule has 6 heteroatoms. The molecule has 0 unspecified atom stereocenters. The lowest BCUT2D eigenvalue weighted by atomic mass is 10.1. The molecule has 0 radical (unpaired) electrons. The largest absolute Gasteiger partial charge is 0.370 e. The molecule has 2 heterocycles. The molecule has 1 aliphatic carbocycles. The maximum absolute atomic E-state index is 12.3. The molecule has 0 saturated carbocycles. The van der Waals surface area contributed by atoms with Crippen molar-refractivity contribution >= 4 is 22.2 Å². The van der Waals surface area contributed by atoms with Crippen LogP contribution in [0.5, 0.6) is 0 Å². The molecule has 22 heavy (non-hydrogen) atoms. The van der Waals surface area contributed by atoms with Crippen molar-refractivity contribution in [1.82, 2.24) is 0 Å². The van der Waals surface area contributed by atoms with Gasteiger partial charge in [0.15, 0.2) is 6.54 Å². The summed E-state index contributed by atoms with van der Waals surface area (Å²) in [4.78, 5) is 14.8. The molecule has 1 saturated heterocycles. The van der Waals surface area contributed by atoms with E-state index < -0.39 is 0 Å². The minimum atomic E-state index is 0.00445. The van der Waals surface area contributed by atoms with E-state index in [4.69, 9.17) is 4.74 Å². The first-order valence-corrected chi connectivity index (χ1v) is 8.85. The summed E-state index contributed by atoms with van der Waals surface area (Å²) in [5, 5.41) is 13.2. The molecule has 1 fully saturated rings. The van der Waals surface area contributed by atoms with Crippen molar-refractivity contribution in [3.8, 4) is 6.07 Å². The fourth-order valence-electron chi connectivity index (χ4n) is 3.18. The van der Waals surface area contributed by atoms with Crippen LogP contribution in [0.15, 0.2) is 0 Å². The van der Waals surface area contributed by atoms with Crippen molar-refractivity contribution < 1.29 is 14.4 Å². The molecule has 1 aliphatic heterocycles. The lowest BCUT2D eigenvalue weighted by Gasteiger charge is -2.22. The number of amides is 1. The number of carbonyl (C=O) groups excluding carboxylic acids is 1. The molecule has 2 aliphatic rings. The van der Waals surface area contributed by atoms with Crippen LogP contribution in [0, 0.1) is 11.3 Å². The molecule has 118 valence electrons. The third kappa shape index (κ3) is 3.49. The maximum Gasteiger partial charge on any atom is 0.280 e. The van der Waals surface area contributed by atoms with E-state index in [1.165, 1.54) is 28.2 Å². The predicted molar refractivity (Wildman–Crippen MR) is 85.3 cm³/mol. The fourth-order valence-corrected chi connectivity index (χ4v) is 4.44. The van der Waals surface area contributed by atoms with Crippen molar-refractivity contribution in [2.24, 2.45) is 0 Å². The Bertz CT molecular complexity index is 585. The number of rotatable bonds is 3. The zero-order chi connectivity index (χ0) is 15.4. The number of ether oxygens (including phenoxy) is 1. The average Bonchev–Trinajstić information content (AvgIpc) is 2.69. The van der Waals surface area contributed by atoms with Crippen LogP contribution in [0.4, 0.5) is 5.00 Å². The summed E-state index contributed by atoms with van der Waals surface area (Å²) in [7, 11) is 0. The summed E-state index contributed by atoms with van der Waals surface area (Å²) < 4.78 is 5.31. The normalized spacial score (nSPS) is 19.0. The van der Waals surface area contributed by atoms with Crippen LogP contribution in [0.3, 0.4) is 0 Å². The summed E-state index contributed by atoms with van der Waals surface area (Å²) in [6.07, 6.45) is 5.57. The lowest BCUT2D eigenvalue weighted by molar-refractivity contribution is -0.899. The summed E-state index contributed by atoms with van der Waals surface area (Å²) in [5.41, 5.74) is 1.88. The van der Waals surface area contributed by atoms with E-state index in [1.807, 2.05) is 0 Å². The molecule has 1 amide bonds. The molecule has 5 nitrogen and oxygen atoms in total. The van der Waals surface area contributed by atoms with Gasteiger partial charge in [0.1, 0.15) is 24.2 Å². The molecule has 2 N–H and O–H groups in total. The highest BCUT2D eigenvalue weighted by atomic mass is 32.1. The van der Waals surface area contributed by atoms with Crippen molar-refractivity contribution in [1.29, 1.82) is 5.26 Å². The van der Waals surface area contributed by atoms with Crippen molar-refractivity contribution in [2.45, 2.75) is 32.1 Å². The van der Waals surface area contributed by atoms with Crippen LogP contribution in [0.25, 0.3) is 0 Å². The van der Waals surface area contributed by atoms with Gasteiger partial charge in [-0.2, -0.15) is 5.26 Å². The van der Waals surface area contributed by atoms with Gasteiger partial charge in [0.25, 0.3) is 5.91 Å². The number of carbonyl (C=O) groups is 1. The number of nitriles is 1. The van der Waals surface area contributed by atoms with E-state index in [0.717, 1.165) is 50.6 Å². The summed E-state index contributed by atoms with van der Waals surface area (Å²) in [6.45, 7) is 3.65. The Morgan fingerprint density at radius 2 is 2.05 bits per heavy atom. The zero-order valence-electron chi connectivity index (χ0n) is 12.7. The predicted octanol–water partition coefficient (Wildman–Crippen LogP) is 0.742. The Morgan fingerprint density at radius 1 is 1.27 bits per heavy atom. The quantitative estimate of drug-likeness (QED) is 0.808. The van der Waals surface area contributed by atoms with Gasteiger partial charge in [-0.05, 0) is 31.2 Å². The van der Waals surface area contributed by atoms with Gasteiger partial charge < -0.3 is 15.0 Å². The topological polar surface area (TPSA) is 66.6 Å². The number of fused-ring (bicyclic) bond motifs is 1. The van der Waals surface area contributed by atoms with Crippen LogP contribution < -0.4 is 10.2 Å². The number of thiophene rings is 1. The van der Waals surface area contributed by atoms with Crippen LogP contribution in [0.1, 0.15) is 35.3 Å². The molecule has 1 aromatic heterocycles. The Labute approximate surface area is 134 Å². The van der Waals surface area contributed by atoms with E-state index in [1.54, 1.807) is 11.3 Å². The molecule has 0 spiro atoms. The van der Waals surface area contributed by atoms with Gasteiger partial charge >= 0.3 is 0 Å². The first-order valence-electron chi connectivity index (χ1n) is 8.03. The summed E-state index contributed by atoms with van der Waals surface area (Å²) in [6, 6.07) is 2.31. The SMILES string of the molecule is N#Cc1c(NC(=O)C[NH+]2CCOCC2)sc2c1CCCCC2. The van der Waals surface area contributed by atoms with Gasteiger partial charge in [-0.15, -0.1) is 11.3 Å². The van der Waals surface area contributed by atoms with E-state index in [2.05, 4.69) is 11.4 Å². The Balaban J connectivity index is 1.69. The highest BCUT2D eigenvalue weighted by Gasteiger charge is 2.23. The second kappa shape index (κ2) is 7.23. The number of aryl methyl sites for hydroxylation is 1. The van der Waals surface area contributed by atoms with E-state index in [-0.39, 0.29) is 5.91 Å². The van der Waals surface area contributed by atoms with Gasteiger partial charge in [0.2, 0.25) is 0 Å². The van der Waals surface area contributed by atoms with Gasteiger partial charge in [0.05, 0.1) is 18.8 Å². The molecular formula is C16H22N3O2S+. The van der Waals surface area contributed by atoms with Crippen LogP contribution in [0.2, 0.25) is 0 Å². The van der Waals surface area contributed by atoms with E-state index >= 15 is 0 Å². The van der Waals surface area contributed by atoms with E-state index in [9.17, 15) is 10.1 Å². The first kappa shape index (κ1) is 15.5. The Morgan fingerprint density at radius 3 is 2.82 bits per heavy atom. The number of hydrogen-bond acceptors (Lipinski definition) is 4. The second-order valence-corrected chi connectivity index (χ2v) is 7.07. The standard InChI is InChI=1S/C16H21N3O2S/c17-10-13-12-4-2-1-3-5-14(12)22-16(13)18-15(20)11-19-6-8-21-9-7-19/h1-9,11H2,(H,18,20)/p+1. The highest BCUT2D eigenvalue weighted by molar-refractivity contribution is 7.16. The second-order valence-electron chi connectivity index (χ2n) is 5.97. The molecule has 1 aromatic rings. The lowest BCUT2D eigenvalue weighted by Crippen LogP contribution is -3.15. The average molecular weight is 320 g/mol. The van der Waals surface area contributed by atoms with Gasteiger partial charge in [-0.1, -0.05) is 6.42 Å². The van der Waals surface area contributed by atoms with E-state index in [0.29, 0.717) is 12.1 Å². The molecule has 0 atom stereocenters. The number of hydrogen-bond donors (Lipinski definition) is 2. The smallest absolute Gasteiger partial charge is 0.280 e. The van der Waals surface area contributed by atoms with Crippen LogP contribution >= 0.6 is 11.3 Å². The highest BCUT2D eigenvalue weighted by Crippen LogP contribution is 2.36. The monoisotopic (exact) mass is 320 g/mol. The van der Waals surface area contributed by atoms with Crippen LogP contribution in [-0.2, 0) is 22.4 Å². The van der Waals surface area contributed by atoms with Crippen LogP contribution in [-0.4, -0.2) is 38.8 Å². The van der Waals surface area contributed by atoms with Crippen molar-refractivity contribution in [3.63, 3.8) is 0 Å². The number of anilines is 1. The van der Waals surface area contributed by atoms with Gasteiger partial charge in [0, 0.05) is 4.88 Å². The van der Waals surface area contributed by atoms with Gasteiger partial charge in [-0.3, -0.25) is 4.79 Å². The third-order valence-electron chi connectivity index (χ3n) is 4.40. The Hall–Kier alpha value is -1.42. The number of nitrogens with one attached hydrogen (secondary N) is 2. The van der Waals surface area contributed by atoms with Gasteiger partial charge in [-0.25, -0.2) is 0 Å². The number of morpholine rings is 1. The molecule has 0 aromatic carbocycles. The fraction of sp³-hybridized carbons (Fsp3) is 0.625. The number of nitrogens with zero attached hydrogens (tertiary/aromatic N) is 1. The minimum absolute atomic E-state index is 0.00445. The third-order valence-corrected chi connectivity index (χ3v) is 5.60. The number of quaternary nitrogens is 1. The molecule has 3 rings (SSSR count). The van der Waals surface area contributed by atoms with Crippen molar-refractivity contribution in [2.75, 3.05) is 38.2 Å². The zero-order valence-corrected chi connectivity index (χ0v) is 13.6.